The number of ether oxygens (including phenoxy) is 2. The van der Waals surface area contributed by atoms with Crippen molar-refractivity contribution in [2.45, 2.75) is 13.5 Å². The lowest BCUT2D eigenvalue weighted by molar-refractivity contribution is 0.294. The summed E-state index contributed by atoms with van der Waals surface area (Å²) in [6, 6.07) is 20.0. The van der Waals surface area contributed by atoms with Gasteiger partial charge in [0.2, 0.25) is 5.88 Å². The Morgan fingerprint density at radius 1 is 0.960 bits per heavy atom. The van der Waals surface area contributed by atoms with Gasteiger partial charge in [0.15, 0.2) is 0 Å². The number of nitrogens with zero attached hydrogens (tertiary/aromatic N) is 1. The van der Waals surface area contributed by atoms with Gasteiger partial charge in [-0.15, -0.1) is 0 Å². The van der Waals surface area contributed by atoms with Crippen molar-refractivity contribution in [3.05, 3.63) is 84.6 Å². The highest BCUT2D eigenvalue weighted by Gasteiger charge is 2.05. The van der Waals surface area contributed by atoms with E-state index in [4.69, 9.17) is 9.47 Å². The summed E-state index contributed by atoms with van der Waals surface area (Å²) in [5, 5.41) is 0. The number of pyridine rings is 1. The van der Waals surface area contributed by atoms with E-state index in [2.05, 4.69) is 17.6 Å². The molecule has 1 heterocycles. The second kappa shape index (κ2) is 8.15. The molecule has 0 bridgehead atoms. The number of hydrogen-bond donors (Lipinski definition) is 0. The van der Waals surface area contributed by atoms with Crippen molar-refractivity contribution in [2.24, 2.45) is 0 Å². The van der Waals surface area contributed by atoms with Crippen LogP contribution in [0.5, 0.6) is 11.6 Å². The van der Waals surface area contributed by atoms with E-state index in [1.165, 1.54) is 0 Å². The van der Waals surface area contributed by atoms with Gasteiger partial charge < -0.3 is 9.47 Å². The molecule has 0 aliphatic heterocycles. The molecule has 3 rings (SSSR count). The van der Waals surface area contributed by atoms with Gasteiger partial charge in [-0.1, -0.05) is 49.1 Å². The summed E-state index contributed by atoms with van der Waals surface area (Å²) in [7, 11) is 0. The molecule has 3 aromatic rings. The summed E-state index contributed by atoms with van der Waals surface area (Å²) in [5.74, 6) is 1.46. The summed E-state index contributed by atoms with van der Waals surface area (Å²) in [6.07, 6.45) is 3.63. The first-order valence-corrected chi connectivity index (χ1v) is 8.32. The minimum Gasteiger partial charge on any atom is -0.493 e. The SMILES string of the molecule is C=Cc1cc(-c2ccc(OCc3ccccc3)nc2)ccc1OCC. The fourth-order valence-corrected chi connectivity index (χ4v) is 2.54. The fourth-order valence-electron chi connectivity index (χ4n) is 2.54. The standard InChI is InChI=1S/C22H21NO2/c1-3-18-14-19(10-12-21(18)24-4-2)20-11-13-22(23-15-20)25-16-17-8-6-5-7-9-17/h3,5-15H,1,4,16H2,2H3. The monoisotopic (exact) mass is 331 g/mol. The van der Waals surface area contributed by atoms with Crippen molar-refractivity contribution in [3.8, 4) is 22.8 Å². The third-order valence-corrected chi connectivity index (χ3v) is 3.83. The predicted molar refractivity (Wildman–Crippen MR) is 102 cm³/mol. The molecule has 0 unspecified atom stereocenters. The number of benzene rings is 2. The van der Waals surface area contributed by atoms with E-state index in [1.54, 1.807) is 6.08 Å². The van der Waals surface area contributed by atoms with E-state index in [-0.39, 0.29) is 0 Å². The van der Waals surface area contributed by atoms with Crippen molar-refractivity contribution >= 4 is 6.08 Å². The van der Waals surface area contributed by atoms with Gasteiger partial charge in [0.05, 0.1) is 6.61 Å². The molecular formula is C22H21NO2. The van der Waals surface area contributed by atoms with E-state index in [1.807, 2.05) is 67.7 Å². The fraction of sp³-hybridized carbons (Fsp3) is 0.136. The average Bonchev–Trinajstić information content (AvgIpc) is 2.68. The Morgan fingerprint density at radius 3 is 2.44 bits per heavy atom. The molecule has 0 atom stereocenters. The van der Waals surface area contributed by atoms with Crippen molar-refractivity contribution in [1.29, 1.82) is 0 Å². The number of rotatable bonds is 7. The Hall–Kier alpha value is -3.07. The van der Waals surface area contributed by atoms with Crippen LogP contribution in [0.3, 0.4) is 0 Å². The molecule has 126 valence electrons. The van der Waals surface area contributed by atoms with E-state index in [0.29, 0.717) is 19.1 Å². The highest BCUT2D eigenvalue weighted by molar-refractivity contribution is 5.69. The molecule has 0 saturated carbocycles. The van der Waals surface area contributed by atoms with Gasteiger partial charge in [-0.05, 0) is 36.2 Å². The largest absolute Gasteiger partial charge is 0.493 e. The molecule has 0 N–H and O–H groups in total. The van der Waals surface area contributed by atoms with Gasteiger partial charge in [-0.3, -0.25) is 0 Å². The predicted octanol–water partition coefficient (Wildman–Crippen LogP) is 5.37. The molecule has 1 aromatic heterocycles. The first kappa shape index (κ1) is 16.8. The van der Waals surface area contributed by atoms with Crippen molar-refractivity contribution < 1.29 is 9.47 Å². The quantitative estimate of drug-likeness (QED) is 0.583. The number of hydrogen-bond acceptors (Lipinski definition) is 3. The average molecular weight is 331 g/mol. The van der Waals surface area contributed by atoms with Crippen molar-refractivity contribution in [1.82, 2.24) is 4.98 Å². The molecule has 3 heteroatoms. The molecule has 0 radical (unpaired) electrons. The van der Waals surface area contributed by atoms with Gasteiger partial charge in [0.1, 0.15) is 12.4 Å². The molecule has 3 nitrogen and oxygen atoms in total. The van der Waals surface area contributed by atoms with Crippen LogP contribution < -0.4 is 9.47 Å². The summed E-state index contributed by atoms with van der Waals surface area (Å²) in [5.41, 5.74) is 4.19. The summed E-state index contributed by atoms with van der Waals surface area (Å²) in [4.78, 5) is 4.41. The maximum absolute atomic E-state index is 5.73. The van der Waals surface area contributed by atoms with E-state index in [0.717, 1.165) is 28.0 Å². The van der Waals surface area contributed by atoms with Crippen LogP contribution >= 0.6 is 0 Å². The lowest BCUT2D eigenvalue weighted by Crippen LogP contribution is -1.97. The first-order valence-electron chi connectivity index (χ1n) is 8.32. The summed E-state index contributed by atoms with van der Waals surface area (Å²) < 4.78 is 11.3. The topological polar surface area (TPSA) is 31.4 Å². The van der Waals surface area contributed by atoms with Crippen molar-refractivity contribution in [2.75, 3.05) is 6.61 Å². The molecule has 0 fully saturated rings. The molecular weight excluding hydrogens is 310 g/mol. The Bertz CT molecular complexity index is 826. The summed E-state index contributed by atoms with van der Waals surface area (Å²) in [6.45, 7) is 6.98. The zero-order valence-corrected chi connectivity index (χ0v) is 14.3. The minimum atomic E-state index is 0.511. The molecule has 0 spiro atoms. The van der Waals surface area contributed by atoms with Gasteiger partial charge in [-0.25, -0.2) is 4.98 Å². The maximum Gasteiger partial charge on any atom is 0.213 e. The van der Waals surface area contributed by atoms with Crippen LogP contribution in [0.1, 0.15) is 18.1 Å². The molecule has 25 heavy (non-hydrogen) atoms. The molecule has 0 aliphatic rings. The Labute approximate surface area is 148 Å². The van der Waals surface area contributed by atoms with Gasteiger partial charge >= 0.3 is 0 Å². The van der Waals surface area contributed by atoms with Crippen LogP contribution in [-0.4, -0.2) is 11.6 Å². The van der Waals surface area contributed by atoms with Crippen LogP contribution in [0, 0.1) is 0 Å². The van der Waals surface area contributed by atoms with Crippen LogP contribution in [0.15, 0.2) is 73.4 Å². The maximum atomic E-state index is 5.73. The zero-order chi connectivity index (χ0) is 17.5. The van der Waals surface area contributed by atoms with Crippen molar-refractivity contribution in [3.63, 3.8) is 0 Å². The van der Waals surface area contributed by atoms with Gasteiger partial charge in [-0.2, -0.15) is 0 Å². The van der Waals surface area contributed by atoms with E-state index in [9.17, 15) is 0 Å². The third kappa shape index (κ3) is 4.27. The minimum absolute atomic E-state index is 0.511. The second-order valence-electron chi connectivity index (χ2n) is 5.55. The lowest BCUT2D eigenvalue weighted by atomic mass is 10.0. The Morgan fingerprint density at radius 2 is 1.76 bits per heavy atom. The second-order valence-corrected chi connectivity index (χ2v) is 5.55. The summed E-state index contributed by atoms with van der Waals surface area (Å²) >= 11 is 0. The van der Waals surface area contributed by atoms with Crippen LogP contribution in [0.25, 0.3) is 17.2 Å². The highest BCUT2D eigenvalue weighted by Crippen LogP contribution is 2.28. The lowest BCUT2D eigenvalue weighted by Gasteiger charge is -2.10. The number of aromatic nitrogens is 1. The Balaban J connectivity index is 1.72. The van der Waals surface area contributed by atoms with Gasteiger partial charge in [0, 0.05) is 23.4 Å². The van der Waals surface area contributed by atoms with Crippen LogP contribution in [0.4, 0.5) is 0 Å². The smallest absolute Gasteiger partial charge is 0.213 e. The first-order chi connectivity index (χ1) is 12.3. The van der Waals surface area contributed by atoms with E-state index < -0.39 is 0 Å². The van der Waals surface area contributed by atoms with Crippen LogP contribution in [-0.2, 0) is 6.61 Å². The normalized spacial score (nSPS) is 10.3. The molecule has 0 aliphatic carbocycles. The molecule has 0 saturated heterocycles. The van der Waals surface area contributed by atoms with E-state index >= 15 is 0 Å². The molecule has 0 amide bonds. The Kier molecular flexibility index (Phi) is 5.47. The zero-order valence-electron chi connectivity index (χ0n) is 14.3. The molecule has 2 aromatic carbocycles. The third-order valence-electron chi connectivity index (χ3n) is 3.83. The van der Waals surface area contributed by atoms with Crippen LogP contribution in [0.2, 0.25) is 0 Å². The highest BCUT2D eigenvalue weighted by atomic mass is 16.5. The van der Waals surface area contributed by atoms with Gasteiger partial charge in [0.25, 0.3) is 0 Å².